The summed E-state index contributed by atoms with van der Waals surface area (Å²) in [5, 5.41) is 4.97. The van der Waals surface area contributed by atoms with Crippen molar-refractivity contribution in [3.05, 3.63) is 127 Å². The summed E-state index contributed by atoms with van der Waals surface area (Å²) in [5.41, 5.74) is 5.80. The Kier molecular flexibility index (Phi) is 9.32. The maximum absolute atomic E-state index is 4.48. The van der Waals surface area contributed by atoms with E-state index in [1.807, 2.05) is 18.3 Å². The average Bonchev–Trinajstić information content (AvgIpc) is 2.83. The number of rotatable bonds is 4. The number of fused-ring (bicyclic) bond motifs is 2. The Balaban J connectivity index is 0.000000603. The molecule has 0 saturated heterocycles. The molecule has 0 spiro atoms. The van der Waals surface area contributed by atoms with Crippen LogP contribution in [0.3, 0.4) is 0 Å². The van der Waals surface area contributed by atoms with Crippen LogP contribution in [0.1, 0.15) is 37.6 Å². The van der Waals surface area contributed by atoms with Gasteiger partial charge < -0.3 is 0 Å². The minimum absolute atomic E-state index is 0. The zero-order valence-corrected chi connectivity index (χ0v) is 25.1. The van der Waals surface area contributed by atoms with E-state index in [1.165, 1.54) is 38.2 Å². The van der Waals surface area contributed by atoms with E-state index in [1.54, 1.807) is 0 Å². The molecule has 1 nitrogen and oxygen atoms in total. The average molecular weight is 661 g/mol. The van der Waals surface area contributed by atoms with Crippen LogP contribution in [-0.4, -0.2) is 4.98 Å². The van der Waals surface area contributed by atoms with Crippen LogP contribution in [0.2, 0.25) is 0 Å². The summed E-state index contributed by atoms with van der Waals surface area (Å²) in [6.45, 7) is 10.9. The maximum atomic E-state index is 4.48. The van der Waals surface area contributed by atoms with Gasteiger partial charge in [0.25, 0.3) is 0 Å². The van der Waals surface area contributed by atoms with E-state index in [0.717, 1.165) is 23.6 Å². The molecule has 1 aromatic heterocycles. The Labute approximate surface area is 229 Å². The number of benzene rings is 4. The predicted octanol–water partition coefficient (Wildman–Crippen LogP) is 8.69. The van der Waals surface area contributed by atoms with Crippen LogP contribution in [0.15, 0.2) is 97.2 Å². The van der Waals surface area contributed by atoms with Gasteiger partial charge in [0.2, 0.25) is 0 Å². The first-order chi connectivity index (χ1) is 16.0. The fourth-order valence-electron chi connectivity index (χ4n) is 4.08. The third-order valence-corrected chi connectivity index (χ3v) is 5.48. The Hall–Kier alpha value is -2.62. The van der Waals surface area contributed by atoms with E-state index >= 15 is 0 Å². The van der Waals surface area contributed by atoms with Gasteiger partial charge in [0.15, 0.2) is 0 Å². The van der Waals surface area contributed by atoms with E-state index in [2.05, 4.69) is 118 Å². The van der Waals surface area contributed by atoms with Crippen LogP contribution in [0, 0.1) is 51.6 Å². The summed E-state index contributed by atoms with van der Waals surface area (Å²) in [7, 11) is 0. The minimum Gasteiger partial charge on any atom is -0.262 e. The number of pyridine rings is 1. The molecule has 5 aromatic rings. The van der Waals surface area contributed by atoms with Crippen LogP contribution in [-0.2, 0) is 6.42 Å². The van der Waals surface area contributed by atoms with Crippen molar-refractivity contribution >= 4 is 21.5 Å². The van der Waals surface area contributed by atoms with E-state index in [-0.39, 0.29) is 32.3 Å². The van der Waals surface area contributed by atoms with Crippen molar-refractivity contribution in [1.82, 2.24) is 4.98 Å². The molecule has 0 atom stereocenters. The van der Waals surface area contributed by atoms with Crippen molar-refractivity contribution in [1.29, 1.82) is 0 Å². The van der Waals surface area contributed by atoms with Crippen LogP contribution in [0.4, 0.5) is 0 Å². The van der Waals surface area contributed by atoms with Crippen molar-refractivity contribution in [3.63, 3.8) is 0 Å². The molecule has 1 radical (unpaired) electrons. The first-order valence-electron chi connectivity index (χ1n) is 11.6. The first-order valence-corrected chi connectivity index (χ1v) is 11.6. The second kappa shape index (κ2) is 12.2. The largest absolute Gasteiger partial charge is 0.262 e. The first kappa shape index (κ1) is 26.0. The smallest absolute Gasteiger partial charge is 0.0326 e. The molecule has 34 heavy (non-hydrogen) atoms. The summed E-state index contributed by atoms with van der Waals surface area (Å²) in [4.78, 5) is 4.48. The van der Waals surface area contributed by atoms with E-state index in [0.29, 0.717) is 0 Å². The van der Waals surface area contributed by atoms with Gasteiger partial charge in [0.05, 0.1) is 0 Å². The van der Waals surface area contributed by atoms with Crippen molar-refractivity contribution in [2.24, 2.45) is 5.92 Å². The van der Waals surface area contributed by atoms with Crippen molar-refractivity contribution in [2.75, 3.05) is 0 Å². The van der Waals surface area contributed by atoms with Crippen molar-refractivity contribution in [3.8, 4) is 11.1 Å². The molecule has 0 saturated carbocycles. The fraction of sp³-hybridized carbons (Fsp3) is 0.156. The van der Waals surface area contributed by atoms with Gasteiger partial charge in [-0.1, -0.05) is 86.1 Å². The van der Waals surface area contributed by atoms with Crippen molar-refractivity contribution in [2.45, 2.75) is 27.2 Å². The summed E-state index contributed by atoms with van der Waals surface area (Å²) in [6, 6.07) is 31.9. The number of hydrogen-bond acceptors (Lipinski definition) is 1. The molecule has 0 aliphatic carbocycles. The van der Waals surface area contributed by atoms with Crippen LogP contribution in [0.25, 0.3) is 32.7 Å². The quantitative estimate of drug-likeness (QED) is 0.176. The summed E-state index contributed by atoms with van der Waals surface area (Å²) in [5.74, 6) is 0.833. The Morgan fingerprint density at radius 3 is 1.88 bits per heavy atom. The normalized spacial score (nSPS) is 10.5. The third kappa shape index (κ3) is 6.08. The monoisotopic (exact) mass is 660 g/mol. The molecule has 0 unspecified atom stereocenters. The molecule has 5 rings (SSSR count). The maximum Gasteiger partial charge on any atom is 0.0326 e. The standard InChI is InChI=1S/C28H21N.C4H10.Pa/c1-20-13-14-21-8-2-4-11-25(21)27(20)28-23(17-18-24-10-6-7-19-29-24)16-15-22-9-3-5-12-26(22)28;1-4(2)3;/h2-17,19H,1,18H2;4H,1-3H3;/q-2;;. The van der Waals surface area contributed by atoms with Gasteiger partial charge in [-0.05, 0) is 35.2 Å². The van der Waals surface area contributed by atoms with Gasteiger partial charge >= 0.3 is 0 Å². The molecule has 1 heterocycles. The van der Waals surface area contributed by atoms with Gasteiger partial charge in [-0.25, -0.2) is 0 Å². The number of nitrogens with zero attached hydrogens (tertiary/aromatic N) is 1. The molecular weight excluding hydrogens is 629 g/mol. The molecule has 0 fully saturated rings. The molecule has 2 heteroatoms. The van der Waals surface area contributed by atoms with Crippen LogP contribution < -0.4 is 0 Å². The third-order valence-electron chi connectivity index (χ3n) is 5.48. The fourth-order valence-corrected chi connectivity index (χ4v) is 4.08. The van der Waals surface area contributed by atoms with Crippen molar-refractivity contribution < 1.29 is 32.3 Å². The van der Waals surface area contributed by atoms with Crippen LogP contribution in [0.5, 0.6) is 0 Å². The van der Waals surface area contributed by atoms with E-state index < -0.39 is 0 Å². The molecule has 4 aromatic carbocycles. The number of aromatic nitrogens is 1. The summed E-state index contributed by atoms with van der Waals surface area (Å²) < 4.78 is 0. The molecule has 0 bridgehead atoms. The Morgan fingerprint density at radius 2 is 1.26 bits per heavy atom. The Morgan fingerprint density at radius 1 is 0.706 bits per heavy atom. The topological polar surface area (TPSA) is 12.9 Å². The molecule has 0 N–H and O–H groups in total. The minimum atomic E-state index is 0. The summed E-state index contributed by atoms with van der Waals surface area (Å²) >= 11 is 0. The predicted molar refractivity (Wildman–Crippen MR) is 143 cm³/mol. The van der Waals surface area contributed by atoms with E-state index in [4.69, 9.17) is 0 Å². The number of hydrogen-bond donors (Lipinski definition) is 0. The summed E-state index contributed by atoms with van der Waals surface area (Å²) in [6.07, 6.45) is 4.93. The van der Waals surface area contributed by atoms with Gasteiger partial charge in [0.1, 0.15) is 0 Å². The Bertz CT molecular complexity index is 1350. The molecule has 169 valence electrons. The molecule has 0 aliphatic rings. The second-order valence-corrected chi connectivity index (χ2v) is 9.03. The molecule has 0 amide bonds. The van der Waals surface area contributed by atoms with Gasteiger partial charge in [-0.3, -0.25) is 4.98 Å². The SMILES string of the molecule is CC(C)C.[CH2-]c1ccc2ccccc2c1-c1c([CH-]Cc2ccccn2)ccc2ccccc12.[Pa]. The van der Waals surface area contributed by atoms with Gasteiger partial charge in [-0.15, -0.1) is 12.1 Å². The van der Waals surface area contributed by atoms with E-state index in [9.17, 15) is 0 Å². The van der Waals surface area contributed by atoms with Crippen LogP contribution >= 0.6 is 0 Å². The molecular formula is C32H31NPa-2. The zero-order valence-electron chi connectivity index (χ0n) is 20.3. The molecule has 0 aliphatic heterocycles. The van der Waals surface area contributed by atoms with Gasteiger partial charge in [-0.2, -0.15) is 47.7 Å². The van der Waals surface area contributed by atoms with Gasteiger partial charge in [0, 0.05) is 44.2 Å². The second-order valence-electron chi connectivity index (χ2n) is 9.03. The zero-order chi connectivity index (χ0) is 23.2.